The Balaban J connectivity index is 2.99. The summed E-state index contributed by atoms with van der Waals surface area (Å²) < 4.78 is 0. The van der Waals surface area contributed by atoms with Crippen LogP contribution in [0.5, 0.6) is 28.7 Å². The average molecular weight is 208 g/mol. The number of phenolic OH excluding ortho intramolecular Hbond substituents is 5. The summed E-state index contributed by atoms with van der Waals surface area (Å²) in [5.41, 5.74) is 0. The van der Waals surface area contributed by atoms with E-state index >= 15 is 0 Å². The predicted molar refractivity (Wildman–Crippen MR) is 52.3 cm³/mol. The number of rotatable bonds is 0. The van der Waals surface area contributed by atoms with Crippen LogP contribution in [-0.2, 0) is 0 Å². The van der Waals surface area contributed by atoms with E-state index < -0.39 is 17.2 Å². The molecule has 78 valence electrons. The maximum atomic E-state index is 9.46. The van der Waals surface area contributed by atoms with Crippen molar-refractivity contribution in [3.63, 3.8) is 0 Å². The van der Waals surface area contributed by atoms with Crippen molar-refractivity contribution < 1.29 is 25.5 Å². The number of benzene rings is 2. The van der Waals surface area contributed by atoms with Crippen LogP contribution in [0.3, 0.4) is 0 Å². The Morgan fingerprint density at radius 2 is 1.33 bits per heavy atom. The van der Waals surface area contributed by atoms with E-state index in [4.69, 9.17) is 0 Å². The highest BCUT2D eigenvalue weighted by Crippen LogP contribution is 2.45. The van der Waals surface area contributed by atoms with E-state index in [0.29, 0.717) is 0 Å². The van der Waals surface area contributed by atoms with Gasteiger partial charge in [-0.05, 0) is 17.5 Å². The molecule has 2 aromatic carbocycles. The first-order chi connectivity index (χ1) is 7.00. The summed E-state index contributed by atoms with van der Waals surface area (Å²) in [6.07, 6.45) is 0. The van der Waals surface area contributed by atoms with Crippen LogP contribution in [0.4, 0.5) is 0 Å². The summed E-state index contributed by atoms with van der Waals surface area (Å²) >= 11 is 0. The summed E-state index contributed by atoms with van der Waals surface area (Å²) in [5, 5.41) is 46.7. The van der Waals surface area contributed by atoms with Crippen molar-refractivity contribution in [3.8, 4) is 28.7 Å². The van der Waals surface area contributed by atoms with Gasteiger partial charge in [0.1, 0.15) is 11.5 Å². The van der Waals surface area contributed by atoms with Crippen molar-refractivity contribution in [1.29, 1.82) is 0 Å². The van der Waals surface area contributed by atoms with E-state index in [2.05, 4.69) is 0 Å². The summed E-state index contributed by atoms with van der Waals surface area (Å²) in [4.78, 5) is 0. The monoisotopic (exact) mass is 208 g/mol. The van der Waals surface area contributed by atoms with Gasteiger partial charge in [-0.15, -0.1) is 0 Å². The van der Waals surface area contributed by atoms with Gasteiger partial charge in [0.25, 0.3) is 0 Å². The first kappa shape index (κ1) is 9.26. The molecule has 0 saturated carbocycles. The third kappa shape index (κ3) is 1.25. The molecule has 0 aliphatic rings. The molecule has 0 radical (unpaired) electrons. The van der Waals surface area contributed by atoms with E-state index in [0.717, 1.165) is 12.1 Å². The Labute approximate surface area is 84.1 Å². The molecule has 2 aromatic rings. The van der Waals surface area contributed by atoms with Crippen molar-refractivity contribution in [1.82, 2.24) is 0 Å². The highest BCUT2D eigenvalue weighted by Gasteiger charge is 2.15. The van der Waals surface area contributed by atoms with E-state index in [-0.39, 0.29) is 22.3 Å². The van der Waals surface area contributed by atoms with Crippen molar-refractivity contribution in [2.45, 2.75) is 0 Å². The van der Waals surface area contributed by atoms with Gasteiger partial charge in [0, 0.05) is 6.07 Å². The fourth-order valence-electron chi connectivity index (χ4n) is 1.46. The second-order valence-electron chi connectivity index (χ2n) is 3.16. The van der Waals surface area contributed by atoms with Crippen LogP contribution in [0.25, 0.3) is 10.8 Å². The standard InChI is InChI=1S/C10H8O5/c11-5-1-4-2-7(13)9(14)10(15)8(4)6(12)3-5/h1-3,11-15H. The second-order valence-corrected chi connectivity index (χ2v) is 3.16. The maximum absolute atomic E-state index is 9.46. The first-order valence-electron chi connectivity index (χ1n) is 4.10. The zero-order chi connectivity index (χ0) is 11.2. The highest BCUT2D eigenvalue weighted by molar-refractivity contribution is 5.97. The van der Waals surface area contributed by atoms with Gasteiger partial charge in [-0.3, -0.25) is 0 Å². The highest BCUT2D eigenvalue weighted by atomic mass is 16.3. The minimum Gasteiger partial charge on any atom is -0.508 e. The summed E-state index contributed by atoms with van der Waals surface area (Å²) in [6.45, 7) is 0. The zero-order valence-corrected chi connectivity index (χ0v) is 7.47. The minimum atomic E-state index is -0.705. The van der Waals surface area contributed by atoms with Crippen LogP contribution in [0.2, 0.25) is 0 Å². The molecule has 0 spiro atoms. The van der Waals surface area contributed by atoms with Crippen molar-refractivity contribution in [3.05, 3.63) is 18.2 Å². The van der Waals surface area contributed by atoms with Crippen LogP contribution in [0.15, 0.2) is 18.2 Å². The lowest BCUT2D eigenvalue weighted by atomic mass is 10.1. The van der Waals surface area contributed by atoms with Crippen molar-refractivity contribution >= 4 is 10.8 Å². The van der Waals surface area contributed by atoms with Crippen LogP contribution >= 0.6 is 0 Å². The fraction of sp³-hybridized carbons (Fsp3) is 0. The first-order valence-corrected chi connectivity index (χ1v) is 4.10. The zero-order valence-electron chi connectivity index (χ0n) is 7.47. The third-order valence-electron chi connectivity index (χ3n) is 2.13. The number of hydrogen-bond acceptors (Lipinski definition) is 5. The molecule has 0 amide bonds. The Bertz CT molecular complexity index is 547. The van der Waals surface area contributed by atoms with E-state index in [1.54, 1.807) is 0 Å². The van der Waals surface area contributed by atoms with E-state index in [9.17, 15) is 25.5 Å². The molecular weight excluding hydrogens is 200 g/mol. The van der Waals surface area contributed by atoms with Gasteiger partial charge in [0.15, 0.2) is 11.5 Å². The Morgan fingerprint density at radius 3 is 2.00 bits per heavy atom. The summed E-state index contributed by atoms with van der Waals surface area (Å²) in [6, 6.07) is 3.40. The van der Waals surface area contributed by atoms with Crippen LogP contribution in [0.1, 0.15) is 0 Å². The number of fused-ring (bicyclic) bond motifs is 1. The van der Waals surface area contributed by atoms with Crippen LogP contribution in [0, 0.1) is 0 Å². The molecule has 5 heteroatoms. The summed E-state index contributed by atoms with van der Waals surface area (Å²) in [7, 11) is 0. The molecule has 0 unspecified atom stereocenters. The summed E-state index contributed by atoms with van der Waals surface area (Å²) in [5.74, 6) is -2.43. The Hall–Kier alpha value is -2.30. The third-order valence-corrected chi connectivity index (χ3v) is 2.13. The molecule has 0 aliphatic carbocycles. The van der Waals surface area contributed by atoms with Crippen molar-refractivity contribution in [2.24, 2.45) is 0 Å². The van der Waals surface area contributed by atoms with E-state index in [1.165, 1.54) is 6.07 Å². The Kier molecular flexibility index (Phi) is 1.76. The number of aromatic hydroxyl groups is 5. The van der Waals surface area contributed by atoms with Gasteiger partial charge >= 0.3 is 0 Å². The Morgan fingerprint density at radius 1 is 0.667 bits per heavy atom. The largest absolute Gasteiger partial charge is 0.508 e. The molecular formula is C10H8O5. The number of phenols is 5. The fourth-order valence-corrected chi connectivity index (χ4v) is 1.46. The van der Waals surface area contributed by atoms with Crippen LogP contribution in [-0.4, -0.2) is 25.5 Å². The van der Waals surface area contributed by atoms with Gasteiger partial charge in [-0.2, -0.15) is 0 Å². The van der Waals surface area contributed by atoms with Gasteiger partial charge in [0.2, 0.25) is 5.75 Å². The van der Waals surface area contributed by atoms with Gasteiger partial charge < -0.3 is 25.5 Å². The van der Waals surface area contributed by atoms with Gasteiger partial charge in [-0.25, -0.2) is 0 Å². The molecule has 0 fully saturated rings. The SMILES string of the molecule is Oc1cc(O)c2c(O)c(O)c(O)cc2c1. The molecule has 0 aliphatic heterocycles. The molecule has 0 heterocycles. The molecule has 5 nitrogen and oxygen atoms in total. The quantitative estimate of drug-likeness (QED) is 0.421. The second kappa shape index (κ2) is 2.84. The van der Waals surface area contributed by atoms with E-state index in [1.807, 2.05) is 0 Å². The topological polar surface area (TPSA) is 101 Å². The normalized spacial score (nSPS) is 10.7. The smallest absolute Gasteiger partial charge is 0.201 e. The molecule has 15 heavy (non-hydrogen) atoms. The lowest BCUT2D eigenvalue weighted by Gasteiger charge is -2.07. The average Bonchev–Trinajstić information content (AvgIpc) is 2.13. The molecule has 2 rings (SSSR count). The lowest BCUT2D eigenvalue weighted by molar-refractivity contribution is 0.370. The molecule has 0 atom stereocenters. The van der Waals surface area contributed by atoms with Crippen molar-refractivity contribution in [2.75, 3.05) is 0 Å². The lowest BCUT2D eigenvalue weighted by Crippen LogP contribution is -1.79. The molecule has 0 bridgehead atoms. The minimum absolute atomic E-state index is 0.0249. The molecule has 0 aromatic heterocycles. The maximum Gasteiger partial charge on any atom is 0.201 e. The number of hydrogen-bond donors (Lipinski definition) is 5. The van der Waals surface area contributed by atoms with Gasteiger partial charge in [-0.1, -0.05) is 0 Å². The van der Waals surface area contributed by atoms with Gasteiger partial charge in [0.05, 0.1) is 5.39 Å². The van der Waals surface area contributed by atoms with Crippen LogP contribution < -0.4 is 0 Å². The molecule has 0 saturated heterocycles. The predicted octanol–water partition coefficient (Wildman–Crippen LogP) is 1.37. The molecule has 5 N–H and O–H groups in total.